The van der Waals surface area contributed by atoms with Crippen LogP contribution in [0.1, 0.15) is 15.4 Å². The quantitative estimate of drug-likeness (QED) is 0.494. The summed E-state index contributed by atoms with van der Waals surface area (Å²) in [6.45, 7) is 0. The molecule has 5 rings (SSSR count). The van der Waals surface area contributed by atoms with Gasteiger partial charge in [-0.15, -0.1) is 11.3 Å². The second-order valence-electron chi connectivity index (χ2n) is 6.83. The lowest BCUT2D eigenvalue weighted by Gasteiger charge is -2.05. The number of aromatic hydroxyl groups is 1. The molecule has 3 aromatic heterocycles. The summed E-state index contributed by atoms with van der Waals surface area (Å²) in [6.07, 6.45) is 3.69. The molecule has 2 N–H and O–H groups in total. The van der Waals surface area contributed by atoms with Crippen LogP contribution in [0, 0.1) is 11.3 Å². The lowest BCUT2D eigenvalue weighted by atomic mass is 10.1. The van der Waals surface area contributed by atoms with Crippen LogP contribution >= 0.6 is 11.3 Å². The van der Waals surface area contributed by atoms with Crippen molar-refractivity contribution in [3.05, 3.63) is 71.6 Å². The summed E-state index contributed by atoms with van der Waals surface area (Å²) in [6, 6.07) is 15.5. The summed E-state index contributed by atoms with van der Waals surface area (Å²) in [5.41, 5.74) is 1.96. The highest BCUT2D eigenvalue weighted by Gasteiger charge is 2.42. The number of furan rings is 1. The zero-order valence-electron chi connectivity index (χ0n) is 15.6. The number of carbonyl (C=O) groups is 1. The van der Waals surface area contributed by atoms with E-state index in [0.29, 0.717) is 34.3 Å². The van der Waals surface area contributed by atoms with E-state index < -0.39 is 6.04 Å². The van der Waals surface area contributed by atoms with Crippen LogP contribution in [0.2, 0.25) is 0 Å². The molecule has 0 spiro atoms. The standard InChI is InChI=1S/C22H14N4O3S/c23-11-16-7-8-19(30-16)20-21-25-17(10-15-2-1-9-29-15)22(28)26(21)12-18(24-20)13-3-5-14(27)6-4-13/h1-9,12,17,27H,10H2/p+1. The molecule has 146 valence electrons. The lowest BCUT2D eigenvalue weighted by molar-refractivity contribution is -0.551. The molecule has 7 nitrogen and oxygen atoms in total. The first-order chi connectivity index (χ1) is 14.6. The number of carbonyl (C=O) groups excluding carboxylic acids is 1. The highest BCUT2D eigenvalue weighted by Crippen LogP contribution is 2.34. The Morgan fingerprint density at radius 1 is 1.23 bits per heavy atom. The summed E-state index contributed by atoms with van der Waals surface area (Å²) in [4.78, 5) is 19.3. The van der Waals surface area contributed by atoms with Crippen LogP contribution in [0.15, 0.2) is 65.4 Å². The number of hydrogen-bond acceptors (Lipinski definition) is 7. The number of phenols is 1. The Morgan fingerprint density at radius 3 is 2.77 bits per heavy atom. The third-order valence-electron chi connectivity index (χ3n) is 4.89. The maximum Gasteiger partial charge on any atom is 0.359 e. The number of nitrogens with zero attached hydrogens (tertiary/aromatic N) is 3. The first-order valence-electron chi connectivity index (χ1n) is 9.22. The summed E-state index contributed by atoms with van der Waals surface area (Å²) >= 11 is 1.32. The number of nitriles is 1. The number of benzene rings is 1. The number of fused-ring (bicyclic) bond motifs is 1. The number of anilines is 1. The fourth-order valence-corrected chi connectivity index (χ4v) is 4.24. The van der Waals surface area contributed by atoms with Crippen LogP contribution in [0.25, 0.3) is 21.8 Å². The molecule has 1 aliphatic rings. The van der Waals surface area contributed by atoms with Gasteiger partial charge in [0.05, 0.1) is 17.6 Å². The molecule has 0 aliphatic carbocycles. The van der Waals surface area contributed by atoms with Gasteiger partial charge in [-0.05, 0) is 48.5 Å². The molecule has 8 heteroatoms. The van der Waals surface area contributed by atoms with Gasteiger partial charge in [0.1, 0.15) is 34.3 Å². The van der Waals surface area contributed by atoms with Gasteiger partial charge in [-0.1, -0.05) is 0 Å². The van der Waals surface area contributed by atoms with Crippen molar-refractivity contribution in [2.75, 3.05) is 5.32 Å². The van der Waals surface area contributed by atoms with Gasteiger partial charge < -0.3 is 9.52 Å². The van der Waals surface area contributed by atoms with E-state index in [1.807, 2.05) is 12.1 Å². The van der Waals surface area contributed by atoms with E-state index >= 15 is 0 Å². The number of nitrogens with one attached hydrogen (secondary N) is 1. The van der Waals surface area contributed by atoms with Gasteiger partial charge in [-0.3, -0.25) is 5.32 Å². The Balaban J connectivity index is 1.63. The number of aromatic nitrogens is 2. The Morgan fingerprint density at radius 2 is 2.07 bits per heavy atom. The maximum absolute atomic E-state index is 13.1. The summed E-state index contributed by atoms with van der Waals surface area (Å²) in [7, 11) is 0. The molecule has 1 aliphatic heterocycles. The van der Waals surface area contributed by atoms with E-state index in [1.165, 1.54) is 11.3 Å². The molecule has 30 heavy (non-hydrogen) atoms. The Hall–Kier alpha value is -3.96. The monoisotopic (exact) mass is 415 g/mol. The van der Waals surface area contributed by atoms with Crippen molar-refractivity contribution in [1.82, 2.24) is 4.98 Å². The van der Waals surface area contributed by atoms with Gasteiger partial charge in [0.15, 0.2) is 5.69 Å². The van der Waals surface area contributed by atoms with Crippen molar-refractivity contribution in [3.63, 3.8) is 0 Å². The van der Waals surface area contributed by atoms with E-state index in [0.717, 1.165) is 10.4 Å². The van der Waals surface area contributed by atoms with Crippen molar-refractivity contribution in [1.29, 1.82) is 5.26 Å². The summed E-state index contributed by atoms with van der Waals surface area (Å²) < 4.78 is 6.98. The van der Waals surface area contributed by atoms with Crippen LogP contribution in [0.3, 0.4) is 0 Å². The van der Waals surface area contributed by atoms with Gasteiger partial charge in [-0.2, -0.15) is 9.83 Å². The van der Waals surface area contributed by atoms with Gasteiger partial charge in [0.25, 0.3) is 0 Å². The third-order valence-corrected chi connectivity index (χ3v) is 5.89. The average molecular weight is 415 g/mol. The first-order valence-corrected chi connectivity index (χ1v) is 10.0. The smallest absolute Gasteiger partial charge is 0.359 e. The number of thiophene rings is 1. The minimum atomic E-state index is -0.484. The maximum atomic E-state index is 13.1. The molecular weight excluding hydrogens is 400 g/mol. The zero-order valence-corrected chi connectivity index (χ0v) is 16.4. The van der Waals surface area contributed by atoms with Gasteiger partial charge >= 0.3 is 11.7 Å². The van der Waals surface area contributed by atoms with E-state index in [-0.39, 0.29) is 11.7 Å². The Kier molecular flexibility index (Phi) is 4.30. The van der Waals surface area contributed by atoms with Crippen molar-refractivity contribution in [2.45, 2.75) is 12.5 Å². The van der Waals surface area contributed by atoms with E-state index in [2.05, 4.69) is 11.4 Å². The van der Waals surface area contributed by atoms with Crippen LogP contribution < -0.4 is 9.88 Å². The Bertz CT molecular complexity index is 1290. The van der Waals surface area contributed by atoms with E-state index in [4.69, 9.17) is 9.40 Å². The minimum Gasteiger partial charge on any atom is -0.508 e. The number of rotatable bonds is 4. The second kappa shape index (κ2) is 7.13. The summed E-state index contributed by atoms with van der Waals surface area (Å²) in [5.74, 6) is 1.35. The Labute approximate surface area is 175 Å². The molecule has 0 fully saturated rings. The molecule has 4 heterocycles. The molecular formula is C22H15N4O3S+. The van der Waals surface area contributed by atoms with Crippen LogP contribution in [0.5, 0.6) is 5.75 Å². The molecule has 4 aromatic rings. The van der Waals surface area contributed by atoms with Crippen LogP contribution in [-0.4, -0.2) is 22.0 Å². The van der Waals surface area contributed by atoms with Crippen molar-refractivity contribution in [2.24, 2.45) is 0 Å². The largest absolute Gasteiger partial charge is 0.508 e. The third kappa shape index (κ3) is 3.11. The molecule has 0 radical (unpaired) electrons. The summed E-state index contributed by atoms with van der Waals surface area (Å²) in [5, 5.41) is 22.1. The highest BCUT2D eigenvalue weighted by atomic mass is 32.1. The van der Waals surface area contributed by atoms with Crippen LogP contribution in [-0.2, 0) is 6.42 Å². The molecule has 1 aromatic carbocycles. The van der Waals surface area contributed by atoms with Crippen molar-refractivity contribution in [3.8, 4) is 33.6 Å². The fourth-order valence-electron chi connectivity index (χ4n) is 3.45. The first kappa shape index (κ1) is 18.1. The van der Waals surface area contributed by atoms with Gasteiger partial charge in [0.2, 0.25) is 6.04 Å². The molecule has 0 bridgehead atoms. The van der Waals surface area contributed by atoms with Crippen molar-refractivity contribution >= 4 is 23.1 Å². The number of phenolic OH excluding ortho intramolecular Hbond substituents is 1. The molecule has 1 atom stereocenters. The average Bonchev–Trinajstić information content (AvgIpc) is 3.50. The van der Waals surface area contributed by atoms with E-state index in [9.17, 15) is 15.2 Å². The highest BCUT2D eigenvalue weighted by molar-refractivity contribution is 7.16. The predicted octanol–water partition coefficient (Wildman–Crippen LogP) is 3.61. The number of hydrogen-bond donors (Lipinski definition) is 2. The van der Waals surface area contributed by atoms with Crippen molar-refractivity contribution < 1.29 is 18.9 Å². The molecule has 0 saturated carbocycles. The van der Waals surface area contributed by atoms with Gasteiger partial charge in [-0.25, -0.2) is 9.78 Å². The van der Waals surface area contributed by atoms with Gasteiger partial charge in [0, 0.05) is 5.56 Å². The topological polar surface area (TPSA) is 103 Å². The molecule has 0 saturated heterocycles. The predicted molar refractivity (Wildman–Crippen MR) is 110 cm³/mol. The minimum absolute atomic E-state index is 0.109. The fraction of sp³-hybridized carbons (Fsp3) is 0.0909. The van der Waals surface area contributed by atoms with E-state index in [1.54, 1.807) is 53.4 Å². The normalized spacial score (nSPS) is 14.9. The second-order valence-corrected chi connectivity index (χ2v) is 7.92. The van der Waals surface area contributed by atoms with Crippen LogP contribution in [0.4, 0.5) is 5.82 Å². The SMILES string of the molecule is N#Cc1ccc(-c2nc(-c3ccc(O)cc3)c[n+]3c2NC(Cc2ccco2)C3=O)s1. The lowest BCUT2D eigenvalue weighted by Crippen LogP contribution is -2.43. The molecule has 0 amide bonds. The zero-order chi connectivity index (χ0) is 20.7. The molecule has 1 unspecified atom stereocenters.